The molecule has 3 rings (SSSR count). The van der Waals surface area contributed by atoms with Gasteiger partial charge in [-0.05, 0) is 18.6 Å². The second-order valence-electron chi connectivity index (χ2n) is 5.27. The fourth-order valence-corrected chi connectivity index (χ4v) is 2.39. The second kappa shape index (κ2) is 7.20. The van der Waals surface area contributed by atoms with Crippen LogP contribution in [0.1, 0.15) is 29.5 Å². The SMILES string of the molecule is CCCn1cnnc1COC(=O)c1cn[nH]c1-c1c(F)cccc1F. The summed E-state index contributed by atoms with van der Waals surface area (Å²) in [5.74, 6) is -1.89. The van der Waals surface area contributed by atoms with Crippen molar-refractivity contribution in [3.63, 3.8) is 0 Å². The van der Waals surface area contributed by atoms with Crippen molar-refractivity contribution in [3.8, 4) is 11.3 Å². The van der Waals surface area contributed by atoms with Gasteiger partial charge in [0.1, 0.15) is 23.5 Å². The Morgan fingerprint density at radius 3 is 2.80 bits per heavy atom. The number of rotatable bonds is 6. The molecule has 2 aromatic heterocycles. The Morgan fingerprint density at radius 1 is 1.32 bits per heavy atom. The molecule has 0 saturated carbocycles. The lowest BCUT2D eigenvalue weighted by molar-refractivity contribution is 0.0458. The van der Waals surface area contributed by atoms with Crippen molar-refractivity contribution in [2.45, 2.75) is 26.5 Å². The fourth-order valence-electron chi connectivity index (χ4n) is 2.39. The van der Waals surface area contributed by atoms with Crippen LogP contribution in [0.2, 0.25) is 0 Å². The number of esters is 1. The van der Waals surface area contributed by atoms with Gasteiger partial charge < -0.3 is 9.30 Å². The molecule has 0 atom stereocenters. The molecule has 0 aliphatic rings. The van der Waals surface area contributed by atoms with Crippen molar-refractivity contribution < 1.29 is 18.3 Å². The standard InChI is InChI=1S/C16H15F2N5O2/c1-2-6-23-9-20-21-13(23)8-25-16(24)10-7-19-22-15(10)14-11(17)4-3-5-12(14)18/h3-5,7,9H,2,6,8H2,1H3,(H,19,22). The molecule has 9 heteroatoms. The summed E-state index contributed by atoms with van der Waals surface area (Å²) < 4.78 is 34.8. The number of hydrogen-bond acceptors (Lipinski definition) is 5. The second-order valence-corrected chi connectivity index (χ2v) is 5.27. The number of aromatic nitrogens is 5. The Labute approximate surface area is 141 Å². The van der Waals surface area contributed by atoms with E-state index in [0.29, 0.717) is 12.4 Å². The van der Waals surface area contributed by atoms with Gasteiger partial charge in [0.25, 0.3) is 0 Å². The van der Waals surface area contributed by atoms with E-state index in [2.05, 4.69) is 20.4 Å². The lowest BCUT2D eigenvalue weighted by atomic mass is 10.1. The summed E-state index contributed by atoms with van der Waals surface area (Å²) in [5.41, 5.74) is -0.498. The molecule has 0 unspecified atom stereocenters. The van der Waals surface area contributed by atoms with Crippen molar-refractivity contribution in [3.05, 3.63) is 53.7 Å². The van der Waals surface area contributed by atoms with E-state index in [-0.39, 0.29) is 23.4 Å². The summed E-state index contributed by atoms with van der Waals surface area (Å²) in [5, 5.41) is 13.8. The highest BCUT2D eigenvalue weighted by Crippen LogP contribution is 2.27. The van der Waals surface area contributed by atoms with Gasteiger partial charge in [0, 0.05) is 6.54 Å². The number of nitrogens with one attached hydrogen (secondary N) is 1. The van der Waals surface area contributed by atoms with Gasteiger partial charge in [-0.2, -0.15) is 5.10 Å². The lowest BCUT2D eigenvalue weighted by Crippen LogP contribution is -2.10. The Kier molecular flexibility index (Phi) is 4.82. The van der Waals surface area contributed by atoms with Crippen molar-refractivity contribution in [1.29, 1.82) is 0 Å². The molecule has 0 bridgehead atoms. The number of halogens is 2. The van der Waals surface area contributed by atoms with Crippen LogP contribution in [0.25, 0.3) is 11.3 Å². The normalized spacial score (nSPS) is 10.8. The number of hydrogen-bond donors (Lipinski definition) is 1. The average Bonchev–Trinajstić information content (AvgIpc) is 3.22. The van der Waals surface area contributed by atoms with Gasteiger partial charge in [0.15, 0.2) is 12.4 Å². The number of benzene rings is 1. The predicted molar refractivity (Wildman–Crippen MR) is 83.4 cm³/mol. The Bertz CT molecular complexity index is 870. The summed E-state index contributed by atoms with van der Waals surface area (Å²) in [6, 6.07) is 3.44. The van der Waals surface area contributed by atoms with Crippen LogP contribution in [0.5, 0.6) is 0 Å². The molecular weight excluding hydrogens is 332 g/mol. The third-order valence-corrected chi connectivity index (χ3v) is 3.56. The molecule has 0 aliphatic heterocycles. The minimum absolute atomic E-state index is 0.0643. The maximum atomic E-state index is 13.9. The predicted octanol–water partition coefficient (Wildman–Crippen LogP) is 2.71. The molecule has 1 N–H and O–H groups in total. The van der Waals surface area contributed by atoms with E-state index in [1.165, 1.54) is 12.3 Å². The molecule has 0 radical (unpaired) electrons. The molecule has 0 fully saturated rings. The highest BCUT2D eigenvalue weighted by Gasteiger charge is 2.22. The van der Waals surface area contributed by atoms with Gasteiger partial charge in [0.2, 0.25) is 0 Å². The van der Waals surface area contributed by atoms with E-state index in [1.807, 2.05) is 6.92 Å². The number of ether oxygens (including phenoxy) is 1. The Morgan fingerprint density at radius 2 is 2.08 bits per heavy atom. The summed E-state index contributed by atoms with van der Waals surface area (Å²) in [4.78, 5) is 12.3. The van der Waals surface area contributed by atoms with Gasteiger partial charge >= 0.3 is 5.97 Å². The maximum absolute atomic E-state index is 13.9. The van der Waals surface area contributed by atoms with Crippen LogP contribution in [0.3, 0.4) is 0 Å². The first kappa shape index (κ1) is 16.7. The number of carbonyl (C=O) groups is 1. The molecule has 25 heavy (non-hydrogen) atoms. The third-order valence-electron chi connectivity index (χ3n) is 3.56. The van der Waals surface area contributed by atoms with Crippen molar-refractivity contribution in [2.24, 2.45) is 0 Å². The first-order chi connectivity index (χ1) is 12.1. The smallest absolute Gasteiger partial charge is 0.342 e. The lowest BCUT2D eigenvalue weighted by Gasteiger charge is -2.08. The monoisotopic (exact) mass is 347 g/mol. The number of H-pyrrole nitrogens is 1. The summed E-state index contributed by atoms with van der Waals surface area (Å²) >= 11 is 0. The maximum Gasteiger partial charge on any atom is 0.342 e. The zero-order valence-electron chi connectivity index (χ0n) is 13.4. The number of carbonyl (C=O) groups excluding carboxylic acids is 1. The molecule has 1 aromatic carbocycles. The van der Waals surface area contributed by atoms with Gasteiger partial charge in [-0.25, -0.2) is 13.6 Å². The summed E-state index contributed by atoms with van der Waals surface area (Å²) in [7, 11) is 0. The van der Waals surface area contributed by atoms with E-state index >= 15 is 0 Å². The molecule has 3 aromatic rings. The number of aromatic amines is 1. The molecule has 0 saturated heterocycles. The van der Waals surface area contributed by atoms with Crippen molar-refractivity contribution in [1.82, 2.24) is 25.0 Å². The van der Waals surface area contributed by atoms with Crippen LogP contribution in [-0.4, -0.2) is 30.9 Å². The third kappa shape index (κ3) is 3.39. The van der Waals surface area contributed by atoms with Crippen LogP contribution in [-0.2, 0) is 17.9 Å². The topological polar surface area (TPSA) is 85.7 Å². The molecule has 2 heterocycles. The number of aryl methyl sites for hydroxylation is 1. The van der Waals surface area contributed by atoms with E-state index < -0.39 is 17.6 Å². The van der Waals surface area contributed by atoms with Crippen LogP contribution >= 0.6 is 0 Å². The highest BCUT2D eigenvalue weighted by atomic mass is 19.1. The molecule has 0 aliphatic carbocycles. The van der Waals surface area contributed by atoms with Gasteiger partial charge in [-0.3, -0.25) is 5.10 Å². The highest BCUT2D eigenvalue weighted by molar-refractivity contribution is 5.96. The average molecular weight is 347 g/mol. The van der Waals surface area contributed by atoms with Crippen LogP contribution in [0.15, 0.2) is 30.7 Å². The molecular formula is C16H15F2N5O2. The van der Waals surface area contributed by atoms with Crippen LogP contribution in [0, 0.1) is 11.6 Å². The van der Waals surface area contributed by atoms with E-state index in [9.17, 15) is 13.6 Å². The largest absolute Gasteiger partial charge is 0.454 e. The van der Waals surface area contributed by atoms with Crippen molar-refractivity contribution in [2.75, 3.05) is 0 Å². The quantitative estimate of drug-likeness (QED) is 0.693. The Hall–Kier alpha value is -3.10. The van der Waals surface area contributed by atoms with Crippen LogP contribution < -0.4 is 0 Å². The first-order valence-electron chi connectivity index (χ1n) is 7.63. The van der Waals surface area contributed by atoms with E-state index in [4.69, 9.17) is 4.74 Å². The molecule has 0 amide bonds. The zero-order valence-corrected chi connectivity index (χ0v) is 13.4. The van der Waals surface area contributed by atoms with Crippen LogP contribution in [0.4, 0.5) is 8.78 Å². The molecule has 7 nitrogen and oxygen atoms in total. The molecule has 0 spiro atoms. The first-order valence-corrected chi connectivity index (χ1v) is 7.63. The fraction of sp³-hybridized carbons (Fsp3) is 0.250. The summed E-state index contributed by atoms with van der Waals surface area (Å²) in [6.07, 6.45) is 3.59. The Balaban J connectivity index is 1.80. The van der Waals surface area contributed by atoms with Crippen molar-refractivity contribution >= 4 is 5.97 Å². The zero-order chi connectivity index (χ0) is 17.8. The van der Waals surface area contributed by atoms with E-state index in [1.54, 1.807) is 10.9 Å². The number of nitrogens with zero attached hydrogens (tertiary/aromatic N) is 4. The molecule has 130 valence electrons. The summed E-state index contributed by atoms with van der Waals surface area (Å²) in [6.45, 7) is 2.58. The van der Waals surface area contributed by atoms with Gasteiger partial charge in [-0.1, -0.05) is 13.0 Å². The van der Waals surface area contributed by atoms with Gasteiger partial charge in [-0.15, -0.1) is 10.2 Å². The van der Waals surface area contributed by atoms with E-state index in [0.717, 1.165) is 18.6 Å². The minimum Gasteiger partial charge on any atom is -0.454 e. The minimum atomic E-state index is -0.805. The van der Waals surface area contributed by atoms with Gasteiger partial charge in [0.05, 0.1) is 17.5 Å².